The van der Waals surface area contributed by atoms with Gasteiger partial charge in [0.25, 0.3) is 0 Å². The van der Waals surface area contributed by atoms with E-state index in [9.17, 15) is 43.2 Å². The average molecular weight is 1540 g/mol. The molecule has 0 rings (SSSR count). The molecule has 0 aliphatic heterocycles. The third-order valence-electron chi connectivity index (χ3n) is 20.1. The van der Waals surface area contributed by atoms with Crippen molar-refractivity contribution < 1.29 is 80.2 Å². The zero-order chi connectivity index (χ0) is 77.4. The number of hydrogen-bond acceptors (Lipinski definition) is 15. The Morgan fingerprint density at radius 1 is 0.238 bits per heavy atom. The van der Waals surface area contributed by atoms with Crippen LogP contribution in [0.5, 0.6) is 0 Å². The largest absolute Gasteiger partial charge is 0.472 e. The minimum atomic E-state index is -4.97. The number of hydrogen-bond donors (Lipinski definition) is 3. The van der Waals surface area contributed by atoms with E-state index in [1.54, 1.807) is 0 Å². The van der Waals surface area contributed by atoms with E-state index in [0.29, 0.717) is 31.6 Å². The number of phosphoric ester groups is 2. The Labute approximate surface area is 645 Å². The molecule has 105 heavy (non-hydrogen) atoms. The Morgan fingerprint density at radius 2 is 0.400 bits per heavy atom. The Balaban J connectivity index is 5.21. The van der Waals surface area contributed by atoms with Gasteiger partial charge in [0, 0.05) is 25.7 Å². The second kappa shape index (κ2) is 74.8. The molecule has 3 unspecified atom stereocenters. The Morgan fingerprint density at radius 3 is 0.590 bits per heavy atom. The van der Waals surface area contributed by atoms with Crippen LogP contribution in [-0.2, 0) is 65.4 Å². The van der Waals surface area contributed by atoms with E-state index in [-0.39, 0.29) is 25.7 Å². The normalized spacial score (nSPS) is 13.9. The van der Waals surface area contributed by atoms with Crippen LogP contribution in [0.25, 0.3) is 0 Å². The standard InChI is InChI=1S/C86H168O17P2/c1-76(2)62-54-46-38-31-25-19-14-11-9-10-12-16-23-29-35-43-52-60-68-86(91)103-82(73-97-84(89)67-59-51-45-37-41-49-57-65-79(7)8)75-101-105(94,95)99-71-80(87)70-98-104(92,93)100-74-81(102-85(90)69-61-53-44-36-30-24-18-21-27-33-40-48-56-64-78(5)6)72-96-83(88)66-58-50-42-34-28-22-17-13-15-20-26-32-39-47-55-63-77(3)4/h76-82,87H,9-75H2,1-8H3,(H,92,93)(H,94,95)/t80?,81-,82-/m1/s1. The Bertz CT molecular complexity index is 2040. The molecular formula is C86H168O17P2. The van der Waals surface area contributed by atoms with Gasteiger partial charge >= 0.3 is 39.5 Å². The summed E-state index contributed by atoms with van der Waals surface area (Å²) >= 11 is 0. The van der Waals surface area contributed by atoms with Gasteiger partial charge < -0.3 is 33.8 Å². The summed E-state index contributed by atoms with van der Waals surface area (Å²) in [6.07, 6.45) is 64.0. The lowest BCUT2D eigenvalue weighted by Crippen LogP contribution is -2.30. The topological polar surface area (TPSA) is 237 Å². The minimum absolute atomic E-state index is 0.107. The molecule has 5 atom stereocenters. The second-order valence-corrected chi connectivity index (χ2v) is 35.7. The van der Waals surface area contributed by atoms with Crippen LogP contribution in [0.3, 0.4) is 0 Å². The summed E-state index contributed by atoms with van der Waals surface area (Å²) in [6, 6.07) is 0. The lowest BCUT2D eigenvalue weighted by atomic mass is 10.0. The molecule has 0 fully saturated rings. The number of rotatable bonds is 83. The molecule has 17 nitrogen and oxygen atoms in total. The third kappa shape index (κ3) is 79.9. The zero-order valence-electron chi connectivity index (χ0n) is 69.4. The highest BCUT2D eigenvalue weighted by molar-refractivity contribution is 7.47. The number of ether oxygens (including phenoxy) is 4. The van der Waals surface area contributed by atoms with E-state index in [1.165, 1.54) is 244 Å². The van der Waals surface area contributed by atoms with Gasteiger partial charge in [0.05, 0.1) is 26.4 Å². The van der Waals surface area contributed by atoms with Gasteiger partial charge in [-0.25, -0.2) is 9.13 Å². The van der Waals surface area contributed by atoms with Crippen LogP contribution in [0, 0.1) is 23.7 Å². The first-order valence-electron chi connectivity index (χ1n) is 44.2. The van der Waals surface area contributed by atoms with Gasteiger partial charge in [-0.1, -0.05) is 396 Å². The molecule has 0 bridgehead atoms. The van der Waals surface area contributed by atoms with Gasteiger partial charge in [-0.05, 0) is 49.4 Å². The molecule has 0 aromatic carbocycles. The number of aliphatic hydroxyl groups is 1. The average Bonchev–Trinajstić information content (AvgIpc) is 0.914. The van der Waals surface area contributed by atoms with Gasteiger partial charge in [0.15, 0.2) is 12.2 Å². The monoisotopic (exact) mass is 1540 g/mol. The summed E-state index contributed by atoms with van der Waals surface area (Å²) in [5.74, 6) is 1.01. The summed E-state index contributed by atoms with van der Waals surface area (Å²) in [6.45, 7) is 14.3. The number of esters is 4. The van der Waals surface area contributed by atoms with Crippen LogP contribution in [0.4, 0.5) is 0 Å². The number of phosphoric acid groups is 2. The van der Waals surface area contributed by atoms with Crippen LogP contribution >= 0.6 is 15.6 Å². The lowest BCUT2D eigenvalue weighted by Gasteiger charge is -2.21. The highest BCUT2D eigenvalue weighted by atomic mass is 31.2. The fraction of sp³-hybridized carbons (Fsp3) is 0.953. The maximum absolute atomic E-state index is 13.1. The molecule has 19 heteroatoms. The molecule has 0 heterocycles. The molecule has 3 N–H and O–H groups in total. The van der Waals surface area contributed by atoms with E-state index in [2.05, 4.69) is 55.4 Å². The second-order valence-electron chi connectivity index (χ2n) is 32.8. The summed E-state index contributed by atoms with van der Waals surface area (Å²) in [7, 11) is -9.93. The van der Waals surface area contributed by atoms with Crippen molar-refractivity contribution in [2.24, 2.45) is 23.7 Å². The van der Waals surface area contributed by atoms with Crippen LogP contribution in [0.1, 0.15) is 447 Å². The molecule has 0 aromatic heterocycles. The molecule has 0 saturated carbocycles. The van der Waals surface area contributed by atoms with Crippen molar-refractivity contribution in [1.29, 1.82) is 0 Å². The predicted octanol–water partition coefficient (Wildman–Crippen LogP) is 25.9. The lowest BCUT2D eigenvalue weighted by molar-refractivity contribution is -0.161. The van der Waals surface area contributed by atoms with Crippen molar-refractivity contribution in [3.63, 3.8) is 0 Å². The van der Waals surface area contributed by atoms with Crippen LogP contribution in [-0.4, -0.2) is 96.7 Å². The van der Waals surface area contributed by atoms with E-state index in [4.69, 9.17) is 37.0 Å². The Hall–Kier alpha value is -1.94. The first-order chi connectivity index (χ1) is 50.6. The fourth-order valence-corrected chi connectivity index (χ4v) is 14.9. The number of unbranched alkanes of at least 4 members (excludes halogenated alkanes) is 49. The van der Waals surface area contributed by atoms with Gasteiger partial charge in [-0.2, -0.15) is 0 Å². The summed E-state index contributed by atoms with van der Waals surface area (Å²) < 4.78 is 68.9. The molecular weight excluding hydrogens is 1370 g/mol. The van der Waals surface area contributed by atoms with Crippen LogP contribution in [0.15, 0.2) is 0 Å². The Kier molecular flexibility index (Phi) is 73.4. The highest BCUT2D eigenvalue weighted by Crippen LogP contribution is 2.45. The van der Waals surface area contributed by atoms with Crippen molar-refractivity contribution in [3.8, 4) is 0 Å². The van der Waals surface area contributed by atoms with E-state index < -0.39 is 97.5 Å². The fourth-order valence-electron chi connectivity index (χ4n) is 13.3. The van der Waals surface area contributed by atoms with Crippen LogP contribution in [0.2, 0.25) is 0 Å². The van der Waals surface area contributed by atoms with E-state index in [0.717, 1.165) is 114 Å². The molecule has 0 saturated heterocycles. The van der Waals surface area contributed by atoms with Gasteiger partial charge in [0.1, 0.15) is 19.3 Å². The number of carbonyl (C=O) groups is 4. The van der Waals surface area contributed by atoms with Crippen molar-refractivity contribution >= 4 is 39.5 Å². The summed E-state index contributed by atoms with van der Waals surface area (Å²) in [4.78, 5) is 73.2. The molecule has 624 valence electrons. The van der Waals surface area contributed by atoms with Gasteiger partial charge in [0.2, 0.25) is 0 Å². The molecule has 0 aliphatic carbocycles. The quantitative estimate of drug-likeness (QED) is 0.0222. The highest BCUT2D eigenvalue weighted by Gasteiger charge is 2.30. The van der Waals surface area contributed by atoms with Crippen LogP contribution < -0.4 is 0 Å². The molecule has 0 amide bonds. The zero-order valence-corrected chi connectivity index (χ0v) is 71.2. The predicted molar refractivity (Wildman–Crippen MR) is 432 cm³/mol. The summed E-state index contributed by atoms with van der Waals surface area (Å²) in [5.41, 5.74) is 0. The van der Waals surface area contributed by atoms with Gasteiger partial charge in [-0.15, -0.1) is 0 Å². The van der Waals surface area contributed by atoms with E-state index >= 15 is 0 Å². The van der Waals surface area contributed by atoms with Crippen molar-refractivity contribution in [2.45, 2.75) is 465 Å². The molecule has 0 radical (unpaired) electrons. The third-order valence-corrected chi connectivity index (χ3v) is 22.0. The van der Waals surface area contributed by atoms with E-state index in [1.807, 2.05) is 0 Å². The maximum atomic E-state index is 13.1. The first-order valence-corrected chi connectivity index (χ1v) is 47.2. The molecule has 0 spiro atoms. The maximum Gasteiger partial charge on any atom is 0.472 e. The van der Waals surface area contributed by atoms with Gasteiger partial charge in [-0.3, -0.25) is 37.3 Å². The summed E-state index contributed by atoms with van der Waals surface area (Å²) in [5, 5.41) is 10.7. The first kappa shape index (κ1) is 103. The number of aliphatic hydroxyl groups excluding tert-OH is 1. The number of carbonyl (C=O) groups excluding carboxylic acids is 4. The van der Waals surface area contributed by atoms with Crippen molar-refractivity contribution in [1.82, 2.24) is 0 Å². The van der Waals surface area contributed by atoms with Crippen molar-refractivity contribution in [2.75, 3.05) is 39.6 Å². The molecule has 0 aromatic rings. The molecule has 0 aliphatic rings. The van der Waals surface area contributed by atoms with Crippen molar-refractivity contribution in [3.05, 3.63) is 0 Å². The minimum Gasteiger partial charge on any atom is -0.462 e. The smallest absolute Gasteiger partial charge is 0.462 e. The SMILES string of the molecule is CC(C)CCCCCCCCCCCCCCCCCCCCC(=O)O[C@H](COC(=O)CCCCCCCCCC(C)C)COP(=O)(O)OCC(O)COP(=O)(O)OC[C@@H](COC(=O)CCCCCCCCCCCCCCCCCC(C)C)OC(=O)CCCCCCCCCCCCCCCC(C)C.